The monoisotopic (exact) mass is 433 g/mol. The summed E-state index contributed by atoms with van der Waals surface area (Å²) in [5.74, 6) is -3.08. The normalized spacial score (nSPS) is 12.4. The summed E-state index contributed by atoms with van der Waals surface area (Å²) in [6.45, 7) is 3.69. The van der Waals surface area contributed by atoms with Gasteiger partial charge in [-0.15, -0.1) is 0 Å². The highest BCUT2D eigenvalue weighted by molar-refractivity contribution is 6.06. The Balaban J connectivity index is 1.91. The van der Waals surface area contributed by atoms with Crippen molar-refractivity contribution in [2.24, 2.45) is 0 Å². The average Bonchev–Trinajstić information content (AvgIpc) is 3.04. The Morgan fingerprint density at radius 1 is 1.19 bits per heavy atom. The van der Waals surface area contributed by atoms with Gasteiger partial charge in [0, 0.05) is 25.1 Å². The first-order chi connectivity index (χ1) is 14.6. The van der Waals surface area contributed by atoms with Crippen molar-refractivity contribution in [2.75, 3.05) is 12.4 Å². The summed E-state index contributed by atoms with van der Waals surface area (Å²) in [6, 6.07) is 11.9. The molecule has 0 radical (unpaired) electrons. The van der Waals surface area contributed by atoms with E-state index in [1.165, 1.54) is 43.0 Å². The third kappa shape index (κ3) is 4.99. The number of hydrogen-bond acceptors (Lipinski definition) is 4. The molecule has 1 unspecified atom stereocenters. The molecule has 1 N–H and O–H groups in total. The second-order valence-electron chi connectivity index (χ2n) is 6.96. The lowest BCUT2D eigenvalue weighted by Crippen LogP contribution is -2.15. The minimum absolute atomic E-state index is 0.161. The molecule has 1 atom stereocenters. The van der Waals surface area contributed by atoms with E-state index in [1.807, 2.05) is 0 Å². The van der Waals surface area contributed by atoms with Gasteiger partial charge in [0.05, 0.1) is 18.5 Å². The van der Waals surface area contributed by atoms with E-state index in [4.69, 9.17) is 9.47 Å². The van der Waals surface area contributed by atoms with Gasteiger partial charge >= 0.3 is 0 Å². The molecule has 0 saturated heterocycles. The first-order valence-corrected chi connectivity index (χ1v) is 9.44. The average molecular weight is 433 g/mol. The Kier molecular flexibility index (Phi) is 6.24. The highest BCUT2D eigenvalue weighted by atomic mass is 19.3. The van der Waals surface area contributed by atoms with E-state index < -0.39 is 18.2 Å². The standard InChI is InChI=1S/C22H22F3N3O3/c1-13-19(20(29)26-16-7-5-6-15(12-16)22(3,24)25)21(30-4)28(27-13)17-8-10-18(11-9-17)31-14(2)23/h5-12,14H,1-4H3,(H,26,29). The molecule has 3 rings (SSSR count). The molecule has 31 heavy (non-hydrogen) atoms. The van der Waals surface area contributed by atoms with Crippen LogP contribution in [0.5, 0.6) is 11.6 Å². The number of ether oxygens (including phenoxy) is 2. The molecule has 6 nitrogen and oxygen atoms in total. The fourth-order valence-corrected chi connectivity index (χ4v) is 3.05. The lowest BCUT2D eigenvalue weighted by Gasteiger charge is -2.13. The van der Waals surface area contributed by atoms with Crippen LogP contribution in [0.2, 0.25) is 0 Å². The van der Waals surface area contributed by atoms with Crippen molar-refractivity contribution in [3.05, 3.63) is 65.4 Å². The largest absolute Gasteiger partial charge is 0.480 e. The molecule has 3 aromatic rings. The molecule has 2 aromatic carbocycles. The van der Waals surface area contributed by atoms with Crippen LogP contribution in [0.3, 0.4) is 0 Å². The molecule has 0 bridgehead atoms. The Morgan fingerprint density at radius 2 is 1.87 bits per heavy atom. The number of methoxy groups -OCH3 is 1. The third-order valence-electron chi connectivity index (χ3n) is 4.45. The zero-order valence-electron chi connectivity index (χ0n) is 17.4. The van der Waals surface area contributed by atoms with Gasteiger partial charge in [-0.25, -0.2) is 17.9 Å². The molecule has 164 valence electrons. The zero-order valence-corrected chi connectivity index (χ0v) is 17.4. The lowest BCUT2D eigenvalue weighted by atomic mass is 10.1. The number of benzene rings is 2. The number of anilines is 1. The molecule has 0 fully saturated rings. The van der Waals surface area contributed by atoms with Crippen LogP contribution in [0.15, 0.2) is 48.5 Å². The van der Waals surface area contributed by atoms with Gasteiger partial charge in [-0.1, -0.05) is 12.1 Å². The first kappa shape index (κ1) is 22.2. The Labute approximate surface area is 177 Å². The van der Waals surface area contributed by atoms with Crippen molar-refractivity contribution in [1.29, 1.82) is 0 Å². The van der Waals surface area contributed by atoms with Gasteiger partial charge in [0.1, 0.15) is 11.3 Å². The maximum absolute atomic E-state index is 13.6. The van der Waals surface area contributed by atoms with Crippen LogP contribution >= 0.6 is 0 Å². The molecule has 0 aliphatic carbocycles. The van der Waals surface area contributed by atoms with Gasteiger partial charge in [-0.3, -0.25) is 4.79 Å². The number of nitrogens with one attached hydrogen (secondary N) is 1. The SMILES string of the molecule is COc1c(C(=O)Nc2cccc(C(C)(F)F)c2)c(C)nn1-c1ccc(OC(C)F)cc1. The Hall–Kier alpha value is -3.49. The lowest BCUT2D eigenvalue weighted by molar-refractivity contribution is 0.0175. The van der Waals surface area contributed by atoms with Crippen LogP contribution in [0, 0.1) is 6.92 Å². The molecule has 1 amide bonds. The molecule has 1 heterocycles. The van der Waals surface area contributed by atoms with Crippen molar-refractivity contribution in [1.82, 2.24) is 9.78 Å². The number of carbonyl (C=O) groups excluding carboxylic acids is 1. The second-order valence-corrected chi connectivity index (χ2v) is 6.96. The van der Waals surface area contributed by atoms with E-state index in [0.29, 0.717) is 17.1 Å². The molecular formula is C22H22F3N3O3. The van der Waals surface area contributed by atoms with Gasteiger partial charge in [-0.05, 0) is 43.3 Å². The van der Waals surface area contributed by atoms with E-state index in [0.717, 1.165) is 6.92 Å². The smallest absolute Gasteiger partial charge is 0.270 e. The second kappa shape index (κ2) is 8.71. The van der Waals surface area contributed by atoms with Crippen molar-refractivity contribution < 1.29 is 27.4 Å². The number of hydrogen-bond donors (Lipinski definition) is 1. The zero-order chi connectivity index (χ0) is 22.8. The number of aromatic nitrogens is 2. The number of carbonyl (C=O) groups is 1. The molecule has 0 saturated carbocycles. The number of rotatable bonds is 7. The molecule has 0 spiro atoms. The van der Waals surface area contributed by atoms with Crippen LogP contribution in [-0.2, 0) is 5.92 Å². The highest BCUT2D eigenvalue weighted by Crippen LogP contribution is 2.30. The minimum Gasteiger partial charge on any atom is -0.480 e. The summed E-state index contributed by atoms with van der Waals surface area (Å²) >= 11 is 0. The minimum atomic E-state index is -3.03. The van der Waals surface area contributed by atoms with Gasteiger partial charge in [0.25, 0.3) is 11.8 Å². The van der Waals surface area contributed by atoms with Crippen LogP contribution in [0.1, 0.15) is 35.5 Å². The summed E-state index contributed by atoms with van der Waals surface area (Å²) in [7, 11) is 1.39. The first-order valence-electron chi connectivity index (χ1n) is 9.44. The van der Waals surface area contributed by atoms with Crippen LogP contribution in [0.4, 0.5) is 18.9 Å². The fraction of sp³-hybridized carbons (Fsp3) is 0.273. The number of halogens is 3. The van der Waals surface area contributed by atoms with Crippen molar-refractivity contribution in [2.45, 2.75) is 33.1 Å². The van der Waals surface area contributed by atoms with Crippen LogP contribution < -0.4 is 14.8 Å². The van der Waals surface area contributed by atoms with Crippen molar-refractivity contribution in [3.63, 3.8) is 0 Å². The highest BCUT2D eigenvalue weighted by Gasteiger charge is 2.26. The quantitative estimate of drug-likeness (QED) is 0.553. The molecular weight excluding hydrogens is 411 g/mol. The van der Waals surface area contributed by atoms with Crippen LogP contribution in [0.25, 0.3) is 5.69 Å². The van der Waals surface area contributed by atoms with Crippen LogP contribution in [-0.4, -0.2) is 29.2 Å². The van der Waals surface area contributed by atoms with Crippen molar-refractivity contribution in [3.8, 4) is 17.3 Å². The van der Waals surface area contributed by atoms with Gasteiger partial charge in [-0.2, -0.15) is 5.10 Å². The molecule has 0 aliphatic rings. The Bertz CT molecular complexity index is 1070. The van der Waals surface area contributed by atoms with E-state index in [-0.39, 0.29) is 22.7 Å². The predicted molar refractivity (Wildman–Crippen MR) is 110 cm³/mol. The number of amides is 1. The maximum atomic E-state index is 13.6. The fourth-order valence-electron chi connectivity index (χ4n) is 3.05. The summed E-state index contributed by atoms with van der Waals surface area (Å²) < 4.78 is 52.0. The Morgan fingerprint density at radius 3 is 2.45 bits per heavy atom. The summed E-state index contributed by atoms with van der Waals surface area (Å²) in [6.07, 6.45) is -1.45. The van der Waals surface area contributed by atoms with Gasteiger partial charge < -0.3 is 14.8 Å². The topological polar surface area (TPSA) is 65.4 Å². The van der Waals surface area contributed by atoms with E-state index >= 15 is 0 Å². The third-order valence-corrected chi connectivity index (χ3v) is 4.45. The van der Waals surface area contributed by atoms with E-state index in [1.54, 1.807) is 31.2 Å². The van der Waals surface area contributed by atoms with Crippen molar-refractivity contribution >= 4 is 11.6 Å². The molecule has 1 aromatic heterocycles. The summed E-state index contributed by atoms with van der Waals surface area (Å²) in [4.78, 5) is 12.9. The van der Waals surface area contributed by atoms with Gasteiger partial charge in [0.2, 0.25) is 12.2 Å². The van der Waals surface area contributed by atoms with E-state index in [9.17, 15) is 18.0 Å². The number of aryl methyl sites for hydroxylation is 1. The van der Waals surface area contributed by atoms with Gasteiger partial charge in [0.15, 0.2) is 0 Å². The maximum Gasteiger partial charge on any atom is 0.270 e. The predicted octanol–water partition coefficient (Wildman–Crippen LogP) is 5.25. The number of nitrogens with zero attached hydrogens (tertiary/aromatic N) is 2. The number of alkyl halides is 3. The van der Waals surface area contributed by atoms with E-state index in [2.05, 4.69) is 10.4 Å². The summed E-state index contributed by atoms with van der Waals surface area (Å²) in [5, 5.41) is 6.97. The molecule has 0 aliphatic heterocycles. The molecule has 9 heteroatoms. The summed E-state index contributed by atoms with van der Waals surface area (Å²) in [5.41, 5.74) is 1.11.